The van der Waals surface area contributed by atoms with Crippen LogP contribution in [-0.4, -0.2) is 30.9 Å². The Morgan fingerprint density at radius 1 is 1.35 bits per heavy atom. The van der Waals surface area contributed by atoms with Crippen LogP contribution in [0, 0.1) is 0 Å². The molecule has 0 bridgehead atoms. The minimum atomic E-state index is -0.228. The van der Waals surface area contributed by atoms with Crippen LogP contribution in [-0.2, 0) is 7.05 Å². The van der Waals surface area contributed by atoms with Gasteiger partial charge in [0.2, 0.25) is 0 Å². The number of H-pyrrole nitrogens is 1. The smallest absolute Gasteiger partial charge is 0.258 e. The van der Waals surface area contributed by atoms with Crippen molar-refractivity contribution in [2.75, 3.05) is 5.32 Å². The molecular weight excluding hydrogens is 256 g/mol. The van der Waals surface area contributed by atoms with E-state index in [9.17, 15) is 4.79 Å². The van der Waals surface area contributed by atoms with Crippen LogP contribution in [0.15, 0.2) is 43.0 Å². The molecule has 0 saturated carbocycles. The van der Waals surface area contributed by atoms with Gasteiger partial charge in [0, 0.05) is 18.8 Å². The number of amides is 1. The van der Waals surface area contributed by atoms with E-state index in [1.807, 2.05) is 31.3 Å². The standard InChI is InChI=1S/C13H12N6O/c1-19-8-16-18-12(19)10-4-2-3-5-11(10)17-13(20)9-6-14-15-7-9/h2-8H,1H3,(H,14,15)(H,17,20). The van der Waals surface area contributed by atoms with Crippen LogP contribution in [0.5, 0.6) is 0 Å². The van der Waals surface area contributed by atoms with Crippen molar-refractivity contribution >= 4 is 11.6 Å². The van der Waals surface area contributed by atoms with E-state index in [2.05, 4.69) is 25.7 Å². The maximum atomic E-state index is 12.1. The van der Waals surface area contributed by atoms with Crippen molar-refractivity contribution in [2.24, 2.45) is 7.05 Å². The van der Waals surface area contributed by atoms with Gasteiger partial charge in [0.1, 0.15) is 6.33 Å². The van der Waals surface area contributed by atoms with Gasteiger partial charge in [-0.3, -0.25) is 9.89 Å². The molecule has 2 aromatic heterocycles. The van der Waals surface area contributed by atoms with Gasteiger partial charge >= 0.3 is 0 Å². The molecule has 3 rings (SSSR count). The van der Waals surface area contributed by atoms with E-state index in [1.165, 1.54) is 6.20 Å². The number of hydrogen-bond donors (Lipinski definition) is 2. The van der Waals surface area contributed by atoms with E-state index >= 15 is 0 Å². The molecule has 0 radical (unpaired) electrons. The molecule has 0 aliphatic rings. The highest BCUT2D eigenvalue weighted by Gasteiger charge is 2.13. The SMILES string of the molecule is Cn1cnnc1-c1ccccc1NC(=O)c1cn[nH]c1. The predicted molar refractivity (Wildman–Crippen MR) is 73.0 cm³/mol. The Labute approximate surface area is 114 Å². The molecule has 7 nitrogen and oxygen atoms in total. The molecule has 0 atom stereocenters. The van der Waals surface area contributed by atoms with Crippen molar-refractivity contribution < 1.29 is 4.79 Å². The highest BCUT2D eigenvalue weighted by Crippen LogP contribution is 2.25. The number of rotatable bonds is 3. The molecule has 20 heavy (non-hydrogen) atoms. The number of hydrogen-bond acceptors (Lipinski definition) is 4. The molecule has 0 spiro atoms. The number of anilines is 1. The molecule has 100 valence electrons. The summed E-state index contributed by atoms with van der Waals surface area (Å²) in [5.41, 5.74) is 1.96. The lowest BCUT2D eigenvalue weighted by molar-refractivity contribution is 0.102. The third kappa shape index (κ3) is 2.16. The highest BCUT2D eigenvalue weighted by atomic mass is 16.1. The topological polar surface area (TPSA) is 88.5 Å². The Kier molecular flexibility index (Phi) is 3.00. The zero-order valence-corrected chi connectivity index (χ0v) is 10.7. The Hall–Kier alpha value is -2.96. The third-order valence-corrected chi connectivity index (χ3v) is 2.89. The summed E-state index contributed by atoms with van der Waals surface area (Å²) in [6, 6.07) is 7.44. The minimum Gasteiger partial charge on any atom is -0.321 e. The van der Waals surface area contributed by atoms with E-state index in [-0.39, 0.29) is 5.91 Å². The van der Waals surface area contributed by atoms with Gasteiger partial charge in [-0.15, -0.1) is 10.2 Å². The predicted octanol–water partition coefficient (Wildman–Crippen LogP) is 1.46. The van der Waals surface area contributed by atoms with E-state index in [0.717, 1.165) is 5.56 Å². The summed E-state index contributed by atoms with van der Waals surface area (Å²) in [4.78, 5) is 12.1. The maximum Gasteiger partial charge on any atom is 0.258 e. The summed E-state index contributed by atoms with van der Waals surface area (Å²) in [5.74, 6) is 0.460. The molecule has 1 amide bonds. The van der Waals surface area contributed by atoms with Crippen LogP contribution >= 0.6 is 0 Å². The maximum absolute atomic E-state index is 12.1. The largest absolute Gasteiger partial charge is 0.321 e. The number of carbonyl (C=O) groups excluding carboxylic acids is 1. The average Bonchev–Trinajstić information content (AvgIpc) is 3.10. The quantitative estimate of drug-likeness (QED) is 0.752. The molecule has 0 saturated heterocycles. The van der Waals surface area contributed by atoms with Gasteiger partial charge in [0.15, 0.2) is 5.82 Å². The Morgan fingerprint density at radius 2 is 2.20 bits per heavy atom. The van der Waals surface area contributed by atoms with Crippen molar-refractivity contribution in [3.05, 3.63) is 48.5 Å². The second-order valence-electron chi connectivity index (χ2n) is 4.25. The van der Waals surface area contributed by atoms with Crippen LogP contribution in [0.2, 0.25) is 0 Å². The van der Waals surface area contributed by atoms with Gasteiger partial charge in [-0.25, -0.2) is 0 Å². The van der Waals surface area contributed by atoms with Gasteiger partial charge in [-0.05, 0) is 12.1 Å². The van der Waals surface area contributed by atoms with Gasteiger partial charge in [0.25, 0.3) is 5.91 Å². The first-order valence-corrected chi connectivity index (χ1v) is 5.99. The van der Waals surface area contributed by atoms with Crippen molar-refractivity contribution in [2.45, 2.75) is 0 Å². The minimum absolute atomic E-state index is 0.228. The summed E-state index contributed by atoms with van der Waals surface area (Å²) in [6.07, 6.45) is 4.63. The summed E-state index contributed by atoms with van der Waals surface area (Å²) in [7, 11) is 1.85. The number of carbonyl (C=O) groups is 1. The molecular formula is C13H12N6O. The van der Waals surface area contributed by atoms with Crippen LogP contribution < -0.4 is 5.32 Å². The van der Waals surface area contributed by atoms with Crippen LogP contribution in [0.25, 0.3) is 11.4 Å². The monoisotopic (exact) mass is 268 g/mol. The molecule has 0 aliphatic carbocycles. The molecule has 0 unspecified atom stereocenters. The number of aryl methyl sites for hydroxylation is 1. The molecule has 2 N–H and O–H groups in total. The molecule has 0 fully saturated rings. The van der Waals surface area contributed by atoms with E-state index < -0.39 is 0 Å². The molecule has 3 aromatic rings. The van der Waals surface area contributed by atoms with Gasteiger partial charge in [0.05, 0.1) is 17.4 Å². The van der Waals surface area contributed by atoms with Crippen molar-refractivity contribution in [1.29, 1.82) is 0 Å². The lowest BCUT2D eigenvalue weighted by Crippen LogP contribution is -2.12. The highest BCUT2D eigenvalue weighted by molar-refractivity contribution is 6.05. The molecule has 7 heteroatoms. The van der Waals surface area contributed by atoms with E-state index in [0.29, 0.717) is 17.1 Å². The van der Waals surface area contributed by atoms with Crippen LogP contribution in [0.3, 0.4) is 0 Å². The van der Waals surface area contributed by atoms with Crippen LogP contribution in [0.4, 0.5) is 5.69 Å². The van der Waals surface area contributed by atoms with Gasteiger partial charge in [-0.1, -0.05) is 12.1 Å². The number of nitrogens with zero attached hydrogens (tertiary/aromatic N) is 4. The summed E-state index contributed by atoms with van der Waals surface area (Å²) < 4.78 is 1.79. The second kappa shape index (κ2) is 4.96. The Morgan fingerprint density at radius 3 is 2.90 bits per heavy atom. The number of para-hydroxylation sites is 1. The normalized spacial score (nSPS) is 10.4. The summed E-state index contributed by atoms with van der Waals surface area (Å²) in [5, 5.41) is 17.1. The first-order valence-electron chi connectivity index (χ1n) is 5.99. The average molecular weight is 268 g/mol. The number of nitrogens with one attached hydrogen (secondary N) is 2. The second-order valence-corrected chi connectivity index (χ2v) is 4.25. The Balaban J connectivity index is 1.95. The summed E-state index contributed by atoms with van der Waals surface area (Å²) in [6.45, 7) is 0. The molecule has 1 aromatic carbocycles. The van der Waals surface area contributed by atoms with E-state index in [1.54, 1.807) is 17.1 Å². The number of aromatic nitrogens is 5. The lowest BCUT2D eigenvalue weighted by Gasteiger charge is -2.09. The van der Waals surface area contributed by atoms with Gasteiger partial charge in [-0.2, -0.15) is 5.10 Å². The Bertz CT molecular complexity index is 731. The van der Waals surface area contributed by atoms with Crippen molar-refractivity contribution in [3.8, 4) is 11.4 Å². The number of aromatic amines is 1. The fraction of sp³-hybridized carbons (Fsp3) is 0.0769. The zero-order valence-electron chi connectivity index (χ0n) is 10.7. The third-order valence-electron chi connectivity index (χ3n) is 2.89. The van der Waals surface area contributed by atoms with Gasteiger partial charge < -0.3 is 9.88 Å². The first kappa shape index (κ1) is 12.1. The van der Waals surface area contributed by atoms with Crippen molar-refractivity contribution in [3.63, 3.8) is 0 Å². The molecule has 2 heterocycles. The summed E-state index contributed by atoms with van der Waals surface area (Å²) >= 11 is 0. The van der Waals surface area contributed by atoms with E-state index in [4.69, 9.17) is 0 Å². The van der Waals surface area contributed by atoms with Crippen molar-refractivity contribution in [1.82, 2.24) is 25.0 Å². The first-order chi connectivity index (χ1) is 9.75. The van der Waals surface area contributed by atoms with Crippen LogP contribution in [0.1, 0.15) is 10.4 Å². The number of benzene rings is 1. The fourth-order valence-corrected chi connectivity index (χ4v) is 1.88. The lowest BCUT2D eigenvalue weighted by atomic mass is 10.1. The zero-order chi connectivity index (χ0) is 13.9. The fourth-order valence-electron chi connectivity index (χ4n) is 1.88. The molecule has 0 aliphatic heterocycles.